The van der Waals surface area contributed by atoms with E-state index in [1.54, 1.807) is 24.3 Å². The molecule has 1 amide bonds. The van der Waals surface area contributed by atoms with Crippen molar-refractivity contribution in [1.82, 2.24) is 10.3 Å². The van der Waals surface area contributed by atoms with E-state index in [1.807, 2.05) is 11.0 Å². The molecule has 1 saturated heterocycles. The van der Waals surface area contributed by atoms with Gasteiger partial charge in [0, 0.05) is 48.0 Å². The molecule has 2 aromatic rings. The van der Waals surface area contributed by atoms with Gasteiger partial charge in [0.25, 0.3) is 0 Å². The first-order valence-corrected chi connectivity index (χ1v) is 15.6. The van der Waals surface area contributed by atoms with E-state index >= 15 is 0 Å². The lowest BCUT2D eigenvalue weighted by atomic mass is 9.75. The fourth-order valence-electron chi connectivity index (χ4n) is 5.34. The van der Waals surface area contributed by atoms with Gasteiger partial charge in [-0.2, -0.15) is 29.0 Å². The van der Waals surface area contributed by atoms with E-state index in [1.165, 1.54) is 0 Å². The fourth-order valence-corrected chi connectivity index (χ4v) is 7.89. The van der Waals surface area contributed by atoms with Crippen molar-refractivity contribution in [3.05, 3.63) is 34.2 Å². The maximum Gasteiger partial charge on any atom is 0.395 e. The minimum atomic E-state index is -4.53. The molecule has 14 heteroatoms. The molecule has 3 fully saturated rings. The average Bonchev–Trinajstić information content (AvgIpc) is 3.53. The standard InChI is InChI=1S/C26H29F5N4O3S2/c27-25(28)6-5-18(19(13-25)23(36)34-24(15-32)7-8-24)22-21(33-20(39-22)14-26(29,30)31)16-1-3-17(4-2-16)35-9-11-40(37,38)12-10-35/h1-4,18-19,37-38H,5-14H2,(H,34,36)/t18-,19-/m1/s1. The van der Waals surface area contributed by atoms with Crippen molar-refractivity contribution in [3.8, 4) is 17.3 Å². The maximum atomic E-state index is 14.5. The van der Waals surface area contributed by atoms with Gasteiger partial charge in [0.2, 0.25) is 11.8 Å². The molecule has 218 valence electrons. The zero-order valence-electron chi connectivity index (χ0n) is 21.4. The van der Waals surface area contributed by atoms with Gasteiger partial charge in [-0.15, -0.1) is 11.3 Å². The second-order valence-electron chi connectivity index (χ2n) is 10.9. The molecular formula is C26H29F5N4O3S2. The van der Waals surface area contributed by atoms with Crippen LogP contribution in [0.25, 0.3) is 11.3 Å². The normalized spacial score (nSPS) is 26.0. The number of anilines is 1. The Balaban J connectivity index is 1.47. The topological polar surface area (TPSA) is 109 Å². The Bertz CT molecular complexity index is 1290. The third kappa shape index (κ3) is 6.53. The summed E-state index contributed by atoms with van der Waals surface area (Å²) in [6.45, 7) is 0.882. The second kappa shape index (κ2) is 10.4. The molecule has 0 radical (unpaired) electrons. The third-order valence-electron chi connectivity index (χ3n) is 7.76. The van der Waals surface area contributed by atoms with Crippen LogP contribution in [0.3, 0.4) is 0 Å². The summed E-state index contributed by atoms with van der Waals surface area (Å²) < 4.78 is 88.7. The minimum absolute atomic E-state index is 0.108. The summed E-state index contributed by atoms with van der Waals surface area (Å²) in [7, 11) is -2.58. The Morgan fingerprint density at radius 1 is 1.18 bits per heavy atom. The van der Waals surface area contributed by atoms with Gasteiger partial charge in [-0.1, -0.05) is 12.1 Å². The highest BCUT2D eigenvalue weighted by molar-refractivity contribution is 8.24. The molecule has 3 aliphatic rings. The van der Waals surface area contributed by atoms with Crippen LogP contribution in [0.2, 0.25) is 0 Å². The summed E-state index contributed by atoms with van der Waals surface area (Å²) in [5, 5.41) is 11.8. The van der Waals surface area contributed by atoms with Crippen molar-refractivity contribution in [3.63, 3.8) is 0 Å². The van der Waals surface area contributed by atoms with E-state index in [0.29, 0.717) is 36.4 Å². The van der Waals surface area contributed by atoms with Gasteiger partial charge in [-0.3, -0.25) is 13.9 Å². The number of hydrogen-bond donors (Lipinski definition) is 3. The Morgan fingerprint density at radius 3 is 2.40 bits per heavy atom. The summed E-state index contributed by atoms with van der Waals surface area (Å²) in [5.74, 6) is -5.31. The lowest BCUT2D eigenvalue weighted by Crippen LogP contribution is -2.45. The van der Waals surface area contributed by atoms with E-state index in [2.05, 4.69) is 10.3 Å². The number of nitriles is 1. The summed E-state index contributed by atoms with van der Waals surface area (Å²) in [4.78, 5) is 19.8. The Kier molecular flexibility index (Phi) is 7.56. The Morgan fingerprint density at radius 2 is 1.82 bits per heavy atom. The van der Waals surface area contributed by atoms with Gasteiger partial charge in [-0.25, -0.2) is 13.8 Å². The lowest BCUT2D eigenvalue weighted by molar-refractivity contribution is -0.134. The van der Waals surface area contributed by atoms with Crippen LogP contribution in [-0.4, -0.2) is 62.2 Å². The Hall–Kier alpha value is -2.47. The third-order valence-corrected chi connectivity index (χ3v) is 10.6. The quantitative estimate of drug-likeness (QED) is 0.340. The number of alkyl halides is 5. The summed E-state index contributed by atoms with van der Waals surface area (Å²) >= 11 is 0.796. The second-order valence-corrected chi connectivity index (χ2v) is 14.4. The molecule has 2 aliphatic carbocycles. The van der Waals surface area contributed by atoms with Crippen LogP contribution in [0.15, 0.2) is 24.3 Å². The number of benzene rings is 1. The first kappa shape index (κ1) is 29.0. The van der Waals surface area contributed by atoms with Crippen molar-refractivity contribution < 1.29 is 35.9 Å². The summed E-state index contributed by atoms with van der Waals surface area (Å²) in [5.41, 5.74) is 0.464. The first-order chi connectivity index (χ1) is 18.7. The molecule has 3 N–H and O–H groups in total. The number of carbonyl (C=O) groups excluding carboxylic acids is 1. The van der Waals surface area contributed by atoms with Crippen molar-refractivity contribution in [2.45, 2.75) is 62.1 Å². The van der Waals surface area contributed by atoms with Crippen LogP contribution in [0.5, 0.6) is 0 Å². The smallest absolute Gasteiger partial charge is 0.368 e. The SMILES string of the molecule is N#CC1(NC(=O)[C@@H]2CC(F)(F)CC[C@H]2c2sc(CC(F)(F)F)nc2-c2ccc(N3CCS(O)(O)CC3)cc2)CC1. The number of nitrogens with zero attached hydrogens (tertiary/aromatic N) is 3. The van der Waals surface area contributed by atoms with Crippen LogP contribution in [0.4, 0.5) is 27.6 Å². The molecule has 0 unspecified atom stereocenters. The minimum Gasteiger partial charge on any atom is -0.368 e. The van der Waals surface area contributed by atoms with Crippen LogP contribution >= 0.6 is 21.9 Å². The highest BCUT2D eigenvalue weighted by Gasteiger charge is 2.51. The van der Waals surface area contributed by atoms with Gasteiger partial charge >= 0.3 is 6.18 Å². The molecule has 1 aromatic heterocycles. The molecule has 5 rings (SSSR count). The predicted octanol–water partition coefficient (Wildman–Crippen LogP) is 6.18. The van der Waals surface area contributed by atoms with Crippen LogP contribution in [0.1, 0.15) is 47.9 Å². The van der Waals surface area contributed by atoms with Crippen molar-refractivity contribution in [1.29, 1.82) is 5.26 Å². The number of halogens is 5. The zero-order chi connectivity index (χ0) is 28.9. The number of aromatic nitrogens is 1. The number of thiazole rings is 1. The van der Waals surface area contributed by atoms with Gasteiger partial charge in [-0.05, 0) is 31.4 Å². The van der Waals surface area contributed by atoms with Crippen LogP contribution in [0, 0.1) is 17.2 Å². The largest absolute Gasteiger partial charge is 0.395 e. The summed E-state index contributed by atoms with van der Waals surface area (Å²) in [6, 6.07) is 8.94. The van der Waals surface area contributed by atoms with Crippen molar-refractivity contribution in [2.24, 2.45) is 5.92 Å². The van der Waals surface area contributed by atoms with E-state index in [0.717, 1.165) is 17.0 Å². The fraction of sp³-hybridized carbons (Fsp3) is 0.577. The number of hydrogen-bond acceptors (Lipinski definition) is 7. The lowest BCUT2D eigenvalue weighted by Gasteiger charge is -2.41. The molecule has 2 atom stereocenters. The number of nitrogens with one attached hydrogen (secondary N) is 1. The van der Waals surface area contributed by atoms with E-state index < -0.39 is 65.2 Å². The molecule has 1 aliphatic heterocycles. The molecular weight excluding hydrogens is 575 g/mol. The average molecular weight is 605 g/mol. The van der Waals surface area contributed by atoms with E-state index in [4.69, 9.17) is 0 Å². The summed E-state index contributed by atoms with van der Waals surface area (Å²) in [6.07, 6.45) is -6.33. The molecule has 2 heterocycles. The Labute approximate surface area is 233 Å². The molecule has 1 aromatic carbocycles. The maximum absolute atomic E-state index is 14.5. The van der Waals surface area contributed by atoms with Crippen molar-refractivity contribution in [2.75, 3.05) is 29.5 Å². The zero-order valence-corrected chi connectivity index (χ0v) is 23.0. The number of amides is 1. The van der Waals surface area contributed by atoms with Crippen molar-refractivity contribution >= 4 is 33.5 Å². The van der Waals surface area contributed by atoms with E-state index in [-0.39, 0.29) is 28.6 Å². The molecule has 40 heavy (non-hydrogen) atoms. The van der Waals surface area contributed by atoms with Gasteiger partial charge in [0.05, 0.1) is 35.6 Å². The molecule has 0 bridgehead atoms. The highest BCUT2D eigenvalue weighted by Crippen LogP contribution is 2.50. The number of carbonyl (C=O) groups is 1. The predicted molar refractivity (Wildman–Crippen MR) is 143 cm³/mol. The molecule has 2 saturated carbocycles. The van der Waals surface area contributed by atoms with Crippen LogP contribution in [-0.2, 0) is 11.2 Å². The van der Waals surface area contributed by atoms with Gasteiger partial charge in [0.15, 0.2) is 0 Å². The number of rotatable bonds is 6. The molecule has 0 spiro atoms. The first-order valence-electron chi connectivity index (χ1n) is 12.9. The van der Waals surface area contributed by atoms with Gasteiger partial charge in [0.1, 0.15) is 10.5 Å². The van der Waals surface area contributed by atoms with Crippen LogP contribution < -0.4 is 10.2 Å². The highest BCUT2D eigenvalue weighted by atomic mass is 32.3. The molecule has 7 nitrogen and oxygen atoms in total. The monoisotopic (exact) mass is 604 g/mol. The van der Waals surface area contributed by atoms with E-state index in [9.17, 15) is 41.1 Å². The van der Waals surface area contributed by atoms with Gasteiger partial charge < -0.3 is 10.2 Å².